The number of carboxylic acid groups (broad SMARTS) is 1. The molecule has 0 spiro atoms. The number of carbonyl (C=O) groups is 1. The molecule has 1 atom stereocenters. The van der Waals surface area contributed by atoms with E-state index >= 15 is 0 Å². The zero-order valence-electron chi connectivity index (χ0n) is 9.88. The van der Waals surface area contributed by atoms with Gasteiger partial charge in [-0.2, -0.15) is 0 Å². The van der Waals surface area contributed by atoms with Crippen LogP contribution in [0.4, 0.5) is 15.8 Å². The number of hydrogen-bond acceptors (Lipinski definition) is 5. The highest BCUT2D eigenvalue weighted by atomic mass is 32.2. The van der Waals surface area contributed by atoms with Crippen LogP contribution >= 0.6 is 0 Å². The summed E-state index contributed by atoms with van der Waals surface area (Å²) in [4.78, 5) is 20.7. The zero-order chi connectivity index (χ0) is 14.6. The molecule has 0 aliphatic rings. The second-order valence-electron chi connectivity index (χ2n) is 3.62. The monoisotopic (exact) mass is 290 g/mol. The number of nitro benzene ring substituents is 1. The fraction of sp³-hybridized carbons (Fsp3) is 0.300. The van der Waals surface area contributed by atoms with Crippen LogP contribution in [0.25, 0.3) is 0 Å². The Morgan fingerprint density at radius 3 is 2.68 bits per heavy atom. The molecule has 0 saturated carbocycles. The van der Waals surface area contributed by atoms with Gasteiger partial charge in [0.15, 0.2) is 0 Å². The third-order valence-electron chi connectivity index (χ3n) is 2.22. The van der Waals surface area contributed by atoms with Crippen molar-refractivity contribution in [3.63, 3.8) is 0 Å². The molecule has 0 aromatic heterocycles. The first kappa shape index (κ1) is 15.0. The number of nitrogens with one attached hydrogen (secondary N) is 1. The molecule has 0 saturated heterocycles. The van der Waals surface area contributed by atoms with Gasteiger partial charge >= 0.3 is 5.97 Å². The van der Waals surface area contributed by atoms with Crippen LogP contribution in [0.15, 0.2) is 12.1 Å². The highest BCUT2D eigenvalue weighted by molar-refractivity contribution is 7.84. The maximum absolute atomic E-state index is 13.4. The number of hydrogen-bond donors (Lipinski definition) is 2. The minimum Gasteiger partial charge on any atom is -0.478 e. The summed E-state index contributed by atoms with van der Waals surface area (Å²) in [6.45, 7) is 0.149. The van der Waals surface area contributed by atoms with Gasteiger partial charge in [-0.25, -0.2) is 9.18 Å². The van der Waals surface area contributed by atoms with Crippen LogP contribution in [0, 0.1) is 15.9 Å². The first-order valence-corrected chi connectivity index (χ1v) is 6.80. The van der Waals surface area contributed by atoms with Gasteiger partial charge in [-0.3, -0.25) is 14.3 Å². The second kappa shape index (κ2) is 6.23. The number of benzene rings is 1. The number of nitro groups is 1. The predicted octanol–water partition coefficient (Wildman–Crippen LogP) is 1.22. The summed E-state index contributed by atoms with van der Waals surface area (Å²) in [7, 11) is -1.09. The van der Waals surface area contributed by atoms with Crippen molar-refractivity contribution in [3.05, 3.63) is 33.6 Å². The lowest BCUT2D eigenvalue weighted by atomic mass is 10.1. The van der Waals surface area contributed by atoms with E-state index in [9.17, 15) is 23.5 Å². The van der Waals surface area contributed by atoms with Gasteiger partial charge in [-0.15, -0.1) is 0 Å². The fourth-order valence-corrected chi connectivity index (χ4v) is 1.74. The van der Waals surface area contributed by atoms with Crippen LogP contribution in [0.1, 0.15) is 10.4 Å². The van der Waals surface area contributed by atoms with Crippen molar-refractivity contribution >= 4 is 28.1 Å². The average molecular weight is 290 g/mol. The minimum atomic E-state index is -1.58. The Morgan fingerprint density at radius 1 is 1.58 bits per heavy atom. The summed E-state index contributed by atoms with van der Waals surface area (Å²) in [6.07, 6.45) is 1.46. The van der Waals surface area contributed by atoms with Crippen LogP contribution in [0.5, 0.6) is 0 Å². The van der Waals surface area contributed by atoms with E-state index in [1.165, 1.54) is 6.26 Å². The van der Waals surface area contributed by atoms with E-state index in [0.29, 0.717) is 6.07 Å². The van der Waals surface area contributed by atoms with E-state index in [1.807, 2.05) is 0 Å². The number of rotatable bonds is 6. The van der Waals surface area contributed by atoms with Crippen molar-refractivity contribution in [2.45, 2.75) is 0 Å². The van der Waals surface area contributed by atoms with Gasteiger partial charge in [-0.05, 0) is 0 Å². The maximum Gasteiger partial charge on any atom is 0.338 e. The number of nitrogens with zero attached hydrogens (tertiary/aromatic N) is 1. The Hall–Kier alpha value is -2.03. The molecule has 0 aliphatic carbocycles. The summed E-state index contributed by atoms with van der Waals surface area (Å²) in [6, 6.07) is 1.41. The molecule has 0 aliphatic heterocycles. The molecule has 1 aromatic rings. The van der Waals surface area contributed by atoms with Crippen molar-refractivity contribution in [2.24, 2.45) is 0 Å². The first-order chi connectivity index (χ1) is 8.82. The maximum atomic E-state index is 13.4. The van der Waals surface area contributed by atoms with E-state index in [2.05, 4.69) is 5.32 Å². The van der Waals surface area contributed by atoms with Crippen molar-refractivity contribution in [1.82, 2.24) is 0 Å². The van der Waals surface area contributed by atoms with Crippen molar-refractivity contribution in [2.75, 3.05) is 23.9 Å². The second-order valence-corrected chi connectivity index (χ2v) is 5.17. The van der Waals surface area contributed by atoms with E-state index in [4.69, 9.17) is 5.11 Å². The third-order valence-corrected chi connectivity index (χ3v) is 3.00. The molecule has 0 bridgehead atoms. The number of anilines is 1. The predicted molar refractivity (Wildman–Crippen MR) is 67.4 cm³/mol. The Kier molecular flexibility index (Phi) is 4.93. The smallest absolute Gasteiger partial charge is 0.338 e. The molecule has 1 aromatic carbocycles. The molecule has 0 radical (unpaired) electrons. The number of aromatic carboxylic acids is 1. The lowest BCUT2D eigenvalue weighted by molar-refractivity contribution is -0.384. The van der Waals surface area contributed by atoms with Gasteiger partial charge in [-0.1, -0.05) is 0 Å². The number of halogens is 1. The van der Waals surface area contributed by atoms with E-state index in [-0.39, 0.29) is 18.0 Å². The standard InChI is InChI=1S/C10H11FN2O5S/c1-19(18)3-2-12-8-5-7(11)6(10(14)15)4-9(8)13(16)17/h4-5,12H,2-3H2,1H3,(H,14,15). The molecule has 0 fully saturated rings. The molecule has 1 unspecified atom stereocenters. The van der Waals surface area contributed by atoms with Gasteiger partial charge in [0.25, 0.3) is 5.69 Å². The van der Waals surface area contributed by atoms with Gasteiger partial charge in [0, 0.05) is 41.5 Å². The summed E-state index contributed by atoms with van der Waals surface area (Å²) in [5.74, 6) is -2.42. The van der Waals surface area contributed by atoms with Gasteiger partial charge in [0.05, 0.1) is 4.92 Å². The van der Waals surface area contributed by atoms with Crippen LogP contribution in [0.3, 0.4) is 0 Å². The summed E-state index contributed by atoms with van der Waals surface area (Å²) in [5.41, 5.74) is -1.45. The SMILES string of the molecule is CS(=O)CCNc1cc(F)c(C(=O)O)cc1[N+](=O)[O-]. The first-order valence-electron chi connectivity index (χ1n) is 5.08. The lowest BCUT2D eigenvalue weighted by Crippen LogP contribution is -2.12. The average Bonchev–Trinajstić information content (AvgIpc) is 2.27. The zero-order valence-corrected chi connectivity index (χ0v) is 10.7. The van der Waals surface area contributed by atoms with Gasteiger partial charge in [0.1, 0.15) is 17.1 Å². The van der Waals surface area contributed by atoms with Crippen LogP contribution in [-0.2, 0) is 10.8 Å². The number of carboxylic acids is 1. The molecule has 0 amide bonds. The molecule has 1 rings (SSSR count). The summed E-state index contributed by atoms with van der Waals surface area (Å²) in [5, 5.41) is 22.0. The normalized spacial score (nSPS) is 11.9. The van der Waals surface area contributed by atoms with Crippen molar-refractivity contribution in [1.29, 1.82) is 0 Å². The highest BCUT2D eigenvalue weighted by Crippen LogP contribution is 2.27. The topological polar surface area (TPSA) is 110 Å². The Morgan fingerprint density at radius 2 is 2.21 bits per heavy atom. The van der Waals surface area contributed by atoms with E-state index in [0.717, 1.165) is 6.07 Å². The Labute approximate surface area is 110 Å². The highest BCUT2D eigenvalue weighted by Gasteiger charge is 2.21. The van der Waals surface area contributed by atoms with Crippen LogP contribution in [-0.4, -0.2) is 38.8 Å². The molecule has 2 N–H and O–H groups in total. The summed E-state index contributed by atoms with van der Waals surface area (Å²) >= 11 is 0. The molecule has 9 heteroatoms. The van der Waals surface area contributed by atoms with E-state index < -0.39 is 38.8 Å². The molecule has 0 heterocycles. The molecular weight excluding hydrogens is 279 g/mol. The van der Waals surface area contributed by atoms with Crippen molar-refractivity contribution < 1.29 is 23.4 Å². The van der Waals surface area contributed by atoms with Crippen molar-refractivity contribution in [3.8, 4) is 0 Å². The lowest BCUT2D eigenvalue weighted by Gasteiger charge is -2.07. The molecule has 19 heavy (non-hydrogen) atoms. The quantitative estimate of drug-likeness (QED) is 0.602. The third kappa shape index (κ3) is 3.98. The van der Waals surface area contributed by atoms with Gasteiger partial charge < -0.3 is 10.4 Å². The van der Waals surface area contributed by atoms with Crippen LogP contribution < -0.4 is 5.32 Å². The fourth-order valence-electron chi connectivity index (χ4n) is 1.35. The largest absolute Gasteiger partial charge is 0.478 e. The Bertz CT molecular complexity index is 549. The molecular formula is C10H11FN2O5S. The summed E-state index contributed by atoms with van der Waals surface area (Å²) < 4.78 is 24.3. The Balaban J connectivity index is 3.09. The van der Waals surface area contributed by atoms with Crippen LogP contribution in [0.2, 0.25) is 0 Å². The van der Waals surface area contributed by atoms with E-state index in [1.54, 1.807) is 0 Å². The van der Waals surface area contributed by atoms with Gasteiger partial charge in [0.2, 0.25) is 0 Å². The molecule has 104 valence electrons. The minimum absolute atomic E-state index is 0.141. The molecule has 7 nitrogen and oxygen atoms in total.